The third kappa shape index (κ3) is 2.26. The Balaban J connectivity index is 1.95. The highest BCUT2D eigenvalue weighted by atomic mass is 16.5. The number of hydrogen-bond donors (Lipinski definition) is 0. The molecule has 1 heterocycles. The molecule has 1 unspecified atom stereocenters. The van der Waals surface area contributed by atoms with Crippen molar-refractivity contribution in [2.75, 3.05) is 13.7 Å². The average molecular weight is 192 g/mol. The summed E-state index contributed by atoms with van der Waals surface area (Å²) < 4.78 is 10.7. The molecule has 0 aromatic heterocycles. The summed E-state index contributed by atoms with van der Waals surface area (Å²) in [6.45, 7) is 0.931. The molecule has 0 aliphatic carbocycles. The Labute approximate surface area is 84.8 Å². The van der Waals surface area contributed by atoms with Crippen molar-refractivity contribution >= 4 is 0 Å². The van der Waals surface area contributed by atoms with E-state index in [2.05, 4.69) is 12.1 Å². The fourth-order valence-corrected chi connectivity index (χ4v) is 1.83. The van der Waals surface area contributed by atoms with Gasteiger partial charge in [-0.05, 0) is 37.0 Å². The van der Waals surface area contributed by atoms with E-state index >= 15 is 0 Å². The molecule has 2 nitrogen and oxygen atoms in total. The first kappa shape index (κ1) is 9.53. The van der Waals surface area contributed by atoms with Crippen molar-refractivity contribution in [1.82, 2.24) is 0 Å². The Bertz CT molecular complexity index is 273. The lowest BCUT2D eigenvalue weighted by Crippen LogP contribution is -2.08. The molecule has 1 atom stereocenters. The minimum atomic E-state index is 0.434. The maximum Gasteiger partial charge on any atom is 0.118 e. The molecule has 0 saturated carbocycles. The van der Waals surface area contributed by atoms with Gasteiger partial charge in [0, 0.05) is 6.61 Å². The SMILES string of the molecule is COc1ccc(CC2CCCO2)cc1. The summed E-state index contributed by atoms with van der Waals surface area (Å²) in [5.41, 5.74) is 1.33. The molecule has 1 aromatic carbocycles. The summed E-state index contributed by atoms with van der Waals surface area (Å²) in [5, 5.41) is 0. The molecular weight excluding hydrogens is 176 g/mol. The zero-order chi connectivity index (χ0) is 9.80. The summed E-state index contributed by atoms with van der Waals surface area (Å²) in [6, 6.07) is 8.23. The Morgan fingerprint density at radius 1 is 1.36 bits per heavy atom. The first-order valence-corrected chi connectivity index (χ1v) is 5.13. The van der Waals surface area contributed by atoms with Gasteiger partial charge in [0.1, 0.15) is 5.75 Å². The van der Waals surface area contributed by atoms with Crippen LogP contribution in [0.4, 0.5) is 0 Å². The lowest BCUT2D eigenvalue weighted by Gasteiger charge is -2.09. The van der Waals surface area contributed by atoms with Crippen molar-refractivity contribution in [2.24, 2.45) is 0 Å². The summed E-state index contributed by atoms with van der Waals surface area (Å²) in [7, 11) is 1.69. The Morgan fingerprint density at radius 2 is 2.14 bits per heavy atom. The predicted molar refractivity (Wildman–Crippen MR) is 55.7 cm³/mol. The molecule has 0 amide bonds. The van der Waals surface area contributed by atoms with E-state index in [9.17, 15) is 0 Å². The highest BCUT2D eigenvalue weighted by molar-refractivity contribution is 5.27. The normalized spacial score (nSPS) is 21.1. The summed E-state index contributed by atoms with van der Waals surface area (Å²) in [6.07, 6.45) is 3.88. The minimum Gasteiger partial charge on any atom is -0.497 e. The fourth-order valence-electron chi connectivity index (χ4n) is 1.83. The van der Waals surface area contributed by atoms with Gasteiger partial charge in [0.05, 0.1) is 13.2 Å². The molecule has 2 heteroatoms. The second-order valence-corrected chi connectivity index (χ2v) is 3.69. The van der Waals surface area contributed by atoms with Crippen molar-refractivity contribution < 1.29 is 9.47 Å². The third-order valence-electron chi connectivity index (χ3n) is 2.65. The minimum absolute atomic E-state index is 0.434. The molecule has 1 saturated heterocycles. The van der Waals surface area contributed by atoms with Gasteiger partial charge in [0.25, 0.3) is 0 Å². The first-order chi connectivity index (χ1) is 6.88. The van der Waals surface area contributed by atoms with Gasteiger partial charge in [-0.2, -0.15) is 0 Å². The molecule has 1 aromatic rings. The lowest BCUT2D eigenvalue weighted by molar-refractivity contribution is 0.111. The van der Waals surface area contributed by atoms with Gasteiger partial charge in [-0.1, -0.05) is 12.1 Å². The van der Waals surface area contributed by atoms with Gasteiger partial charge < -0.3 is 9.47 Å². The van der Waals surface area contributed by atoms with Gasteiger partial charge in [0.2, 0.25) is 0 Å². The molecule has 0 N–H and O–H groups in total. The Kier molecular flexibility index (Phi) is 3.04. The van der Waals surface area contributed by atoms with Crippen LogP contribution in [0.2, 0.25) is 0 Å². The van der Waals surface area contributed by atoms with Crippen LogP contribution in [0.15, 0.2) is 24.3 Å². The maximum absolute atomic E-state index is 5.58. The van der Waals surface area contributed by atoms with Crippen molar-refractivity contribution in [2.45, 2.75) is 25.4 Å². The highest BCUT2D eigenvalue weighted by Gasteiger charge is 2.15. The Morgan fingerprint density at radius 3 is 2.71 bits per heavy atom. The summed E-state index contributed by atoms with van der Waals surface area (Å²) in [5.74, 6) is 0.918. The highest BCUT2D eigenvalue weighted by Crippen LogP contribution is 2.18. The van der Waals surface area contributed by atoms with Crippen molar-refractivity contribution in [1.29, 1.82) is 0 Å². The van der Waals surface area contributed by atoms with E-state index in [0.717, 1.165) is 18.8 Å². The maximum atomic E-state index is 5.58. The van der Waals surface area contributed by atoms with Crippen molar-refractivity contribution in [3.8, 4) is 5.75 Å². The van der Waals surface area contributed by atoms with Crippen LogP contribution in [0.1, 0.15) is 18.4 Å². The number of rotatable bonds is 3. The molecule has 1 aliphatic rings. The molecule has 0 radical (unpaired) electrons. The second kappa shape index (κ2) is 4.47. The molecule has 1 aliphatic heterocycles. The monoisotopic (exact) mass is 192 g/mol. The second-order valence-electron chi connectivity index (χ2n) is 3.69. The van der Waals surface area contributed by atoms with Crippen LogP contribution in [0, 0.1) is 0 Å². The van der Waals surface area contributed by atoms with Gasteiger partial charge >= 0.3 is 0 Å². The van der Waals surface area contributed by atoms with Gasteiger partial charge in [0.15, 0.2) is 0 Å². The van der Waals surface area contributed by atoms with E-state index in [0.29, 0.717) is 6.10 Å². The molecule has 1 fully saturated rings. The van der Waals surface area contributed by atoms with E-state index in [1.807, 2.05) is 12.1 Å². The Hall–Kier alpha value is -1.02. The van der Waals surface area contributed by atoms with E-state index in [1.165, 1.54) is 18.4 Å². The van der Waals surface area contributed by atoms with Crippen LogP contribution < -0.4 is 4.74 Å². The van der Waals surface area contributed by atoms with Crippen LogP contribution in [-0.2, 0) is 11.2 Å². The summed E-state index contributed by atoms with van der Waals surface area (Å²) in [4.78, 5) is 0. The zero-order valence-corrected chi connectivity index (χ0v) is 8.53. The number of ether oxygens (including phenoxy) is 2. The van der Waals surface area contributed by atoms with Crippen LogP contribution in [0.3, 0.4) is 0 Å². The predicted octanol–water partition coefficient (Wildman–Crippen LogP) is 2.42. The molecule has 14 heavy (non-hydrogen) atoms. The lowest BCUT2D eigenvalue weighted by atomic mass is 10.1. The third-order valence-corrected chi connectivity index (χ3v) is 2.65. The van der Waals surface area contributed by atoms with Crippen LogP contribution in [0.25, 0.3) is 0 Å². The largest absolute Gasteiger partial charge is 0.497 e. The van der Waals surface area contributed by atoms with Crippen LogP contribution in [0.5, 0.6) is 5.75 Å². The van der Waals surface area contributed by atoms with Gasteiger partial charge in [-0.15, -0.1) is 0 Å². The van der Waals surface area contributed by atoms with Crippen molar-refractivity contribution in [3.63, 3.8) is 0 Å². The van der Waals surface area contributed by atoms with Crippen molar-refractivity contribution in [3.05, 3.63) is 29.8 Å². The molecule has 2 rings (SSSR count). The standard InChI is InChI=1S/C12H16O2/c1-13-11-6-4-10(5-7-11)9-12-3-2-8-14-12/h4-7,12H,2-3,8-9H2,1H3. The smallest absolute Gasteiger partial charge is 0.118 e. The van der Waals surface area contributed by atoms with Gasteiger partial charge in [-0.25, -0.2) is 0 Å². The first-order valence-electron chi connectivity index (χ1n) is 5.13. The quantitative estimate of drug-likeness (QED) is 0.732. The van der Waals surface area contributed by atoms with E-state index in [-0.39, 0.29) is 0 Å². The number of benzene rings is 1. The fraction of sp³-hybridized carbons (Fsp3) is 0.500. The molecule has 76 valence electrons. The molecule has 0 bridgehead atoms. The molecule has 0 spiro atoms. The zero-order valence-electron chi connectivity index (χ0n) is 8.53. The van der Waals surface area contributed by atoms with E-state index < -0.39 is 0 Å². The molecular formula is C12H16O2. The number of methoxy groups -OCH3 is 1. The average Bonchev–Trinajstić information content (AvgIpc) is 2.72. The number of hydrogen-bond acceptors (Lipinski definition) is 2. The topological polar surface area (TPSA) is 18.5 Å². The summed E-state index contributed by atoms with van der Waals surface area (Å²) >= 11 is 0. The van der Waals surface area contributed by atoms with E-state index in [1.54, 1.807) is 7.11 Å². The van der Waals surface area contributed by atoms with Crippen LogP contribution in [-0.4, -0.2) is 19.8 Å². The van der Waals surface area contributed by atoms with Gasteiger partial charge in [-0.3, -0.25) is 0 Å². The van der Waals surface area contributed by atoms with E-state index in [4.69, 9.17) is 9.47 Å². The van der Waals surface area contributed by atoms with Crippen LogP contribution >= 0.6 is 0 Å².